The van der Waals surface area contributed by atoms with Crippen LogP contribution < -0.4 is 23.7 Å². The van der Waals surface area contributed by atoms with Gasteiger partial charge in [0.05, 0.1) is 35.5 Å². The molecule has 11 heteroatoms. The van der Waals surface area contributed by atoms with Crippen LogP contribution in [0.15, 0.2) is 48.5 Å². The van der Waals surface area contributed by atoms with Crippen molar-refractivity contribution in [3.63, 3.8) is 0 Å². The third-order valence-electron chi connectivity index (χ3n) is 8.02. The molecule has 0 aromatic heterocycles. The van der Waals surface area contributed by atoms with E-state index in [-0.39, 0.29) is 45.4 Å². The van der Waals surface area contributed by atoms with Crippen LogP contribution >= 0.6 is 0 Å². The molecule has 0 spiro atoms. The Morgan fingerprint density at radius 3 is 1.93 bits per heavy atom. The first-order valence-corrected chi connectivity index (χ1v) is 14.1. The number of aromatic hydroxyl groups is 1. The molecular formula is C34H38O11. The molecule has 0 saturated heterocycles. The van der Waals surface area contributed by atoms with Crippen molar-refractivity contribution in [2.75, 3.05) is 35.5 Å². The Balaban J connectivity index is 2.13. The monoisotopic (exact) mass is 622 g/mol. The van der Waals surface area contributed by atoms with Gasteiger partial charge in [-0.3, -0.25) is 4.79 Å². The third kappa shape index (κ3) is 6.08. The van der Waals surface area contributed by atoms with E-state index in [1.807, 2.05) is 30.3 Å². The third-order valence-corrected chi connectivity index (χ3v) is 8.02. The minimum Gasteiger partial charge on any atom is -0.504 e. The minimum atomic E-state index is -1.91. The van der Waals surface area contributed by atoms with Crippen molar-refractivity contribution in [3.8, 4) is 45.6 Å². The van der Waals surface area contributed by atoms with Crippen molar-refractivity contribution in [3.05, 3.63) is 65.2 Å². The average molecular weight is 623 g/mol. The fraction of sp³-hybridized carbons (Fsp3) is 0.353. The topological polar surface area (TPSA) is 139 Å². The molecule has 2 N–H and O–H groups in total. The van der Waals surface area contributed by atoms with E-state index in [2.05, 4.69) is 0 Å². The summed E-state index contributed by atoms with van der Waals surface area (Å²) in [5.41, 5.74) is -0.365. The number of esters is 2. The van der Waals surface area contributed by atoms with E-state index in [9.17, 15) is 19.8 Å². The molecule has 3 aromatic rings. The van der Waals surface area contributed by atoms with Gasteiger partial charge in [0.15, 0.2) is 29.1 Å². The number of hydrogen-bond donors (Lipinski definition) is 2. The number of carbonyl (C=O) groups excluding carboxylic acids is 2. The number of aliphatic hydroxyl groups is 1. The molecule has 240 valence electrons. The molecule has 0 bridgehead atoms. The Hall–Kier alpha value is -4.90. The SMILES string of the molecule is COc1cc2c(c(O)c1OC)-c1c(cc(OC)c(OC)c1OC)[C@H](OC(C)=O)[C@H](C)[C@@](C)(O)[C@H]2OC(=O)/C=C/c1ccccc1. The maximum atomic E-state index is 13.4. The van der Waals surface area contributed by atoms with E-state index in [0.29, 0.717) is 5.56 Å². The van der Waals surface area contributed by atoms with Crippen molar-refractivity contribution in [2.24, 2.45) is 5.92 Å². The van der Waals surface area contributed by atoms with Crippen LogP contribution in [0.4, 0.5) is 0 Å². The van der Waals surface area contributed by atoms with Crippen LogP contribution in [0, 0.1) is 5.92 Å². The summed E-state index contributed by atoms with van der Waals surface area (Å²) < 4.78 is 40.0. The van der Waals surface area contributed by atoms with Gasteiger partial charge in [-0.15, -0.1) is 0 Å². The number of benzene rings is 3. The molecule has 45 heavy (non-hydrogen) atoms. The van der Waals surface area contributed by atoms with Gasteiger partial charge >= 0.3 is 11.9 Å². The summed E-state index contributed by atoms with van der Waals surface area (Å²) in [6, 6.07) is 12.2. The van der Waals surface area contributed by atoms with Gasteiger partial charge in [0.25, 0.3) is 0 Å². The lowest BCUT2D eigenvalue weighted by atomic mass is 9.71. The molecule has 1 aliphatic rings. The highest BCUT2D eigenvalue weighted by Gasteiger charge is 2.51. The molecule has 0 saturated carbocycles. The number of rotatable bonds is 9. The maximum absolute atomic E-state index is 13.4. The van der Waals surface area contributed by atoms with E-state index in [0.717, 1.165) is 5.56 Å². The molecule has 4 rings (SSSR count). The number of phenolic OH excluding ortho intramolecular Hbond substituents is 1. The lowest BCUT2D eigenvalue weighted by Gasteiger charge is -2.43. The summed E-state index contributed by atoms with van der Waals surface area (Å²) in [5, 5.41) is 24.2. The van der Waals surface area contributed by atoms with Crippen LogP contribution in [-0.2, 0) is 19.1 Å². The van der Waals surface area contributed by atoms with E-state index in [1.165, 1.54) is 61.5 Å². The summed E-state index contributed by atoms with van der Waals surface area (Å²) in [7, 11) is 7.00. The molecule has 1 aliphatic carbocycles. The lowest BCUT2D eigenvalue weighted by molar-refractivity contribution is -0.181. The maximum Gasteiger partial charge on any atom is 0.331 e. The molecule has 0 radical (unpaired) electrons. The van der Waals surface area contributed by atoms with Gasteiger partial charge < -0.3 is 43.4 Å². The fourth-order valence-electron chi connectivity index (χ4n) is 5.66. The molecule has 0 unspecified atom stereocenters. The summed E-state index contributed by atoms with van der Waals surface area (Å²) in [6.45, 7) is 4.36. The predicted octanol–water partition coefficient (Wildman–Crippen LogP) is 5.40. The van der Waals surface area contributed by atoms with Gasteiger partial charge in [-0.1, -0.05) is 37.3 Å². The number of hydrogen-bond acceptors (Lipinski definition) is 11. The normalized spacial score (nSPS) is 20.6. The molecule has 0 heterocycles. The largest absolute Gasteiger partial charge is 0.504 e. The Labute approximate surface area is 261 Å². The number of ether oxygens (including phenoxy) is 7. The fourth-order valence-corrected chi connectivity index (χ4v) is 5.66. The first kappa shape index (κ1) is 33.0. The van der Waals surface area contributed by atoms with Crippen molar-refractivity contribution in [1.29, 1.82) is 0 Å². The van der Waals surface area contributed by atoms with Gasteiger partial charge in [-0.05, 0) is 30.7 Å². The summed E-state index contributed by atoms with van der Waals surface area (Å²) in [5.74, 6) is -2.13. The Morgan fingerprint density at radius 1 is 0.800 bits per heavy atom. The van der Waals surface area contributed by atoms with Gasteiger partial charge in [0, 0.05) is 41.2 Å². The van der Waals surface area contributed by atoms with Crippen LogP contribution in [0.1, 0.15) is 49.7 Å². The van der Waals surface area contributed by atoms with Crippen LogP contribution in [-0.4, -0.2) is 63.3 Å². The van der Waals surface area contributed by atoms with Crippen molar-refractivity contribution in [2.45, 2.75) is 38.6 Å². The second kappa shape index (κ2) is 13.4. The average Bonchev–Trinajstić information content (AvgIpc) is 3.03. The van der Waals surface area contributed by atoms with E-state index in [4.69, 9.17) is 33.2 Å². The summed E-state index contributed by atoms with van der Waals surface area (Å²) in [4.78, 5) is 25.9. The van der Waals surface area contributed by atoms with Gasteiger partial charge in [0.2, 0.25) is 11.5 Å². The van der Waals surface area contributed by atoms with Crippen LogP contribution in [0.3, 0.4) is 0 Å². The molecule has 0 fully saturated rings. The number of methoxy groups -OCH3 is 5. The first-order chi connectivity index (χ1) is 21.4. The van der Waals surface area contributed by atoms with Crippen LogP contribution in [0.25, 0.3) is 17.2 Å². The minimum absolute atomic E-state index is 0.0367. The molecular weight excluding hydrogens is 584 g/mol. The van der Waals surface area contributed by atoms with E-state index in [1.54, 1.807) is 19.1 Å². The second-order valence-corrected chi connectivity index (χ2v) is 10.6. The Bertz CT molecular complexity index is 1590. The molecule has 0 aliphatic heterocycles. The number of fused-ring (bicyclic) bond motifs is 3. The zero-order chi connectivity index (χ0) is 33.1. The van der Waals surface area contributed by atoms with Gasteiger partial charge in [-0.25, -0.2) is 4.79 Å². The number of phenols is 1. The Morgan fingerprint density at radius 2 is 1.38 bits per heavy atom. The molecule has 11 nitrogen and oxygen atoms in total. The van der Waals surface area contributed by atoms with Gasteiger partial charge in [0.1, 0.15) is 11.7 Å². The van der Waals surface area contributed by atoms with Gasteiger partial charge in [-0.2, -0.15) is 0 Å². The Kier molecular flexibility index (Phi) is 9.82. The van der Waals surface area contributed by atoms with Crippen LogP contribution in [0.2, 0.25) is 0 Å². The quantitative estimate of drug-likeness (QED) is 0.234. The summed E-state index contributed by atoms with van der Waals surface area (Å²) in [6.07, 6.45) is 0.224. The van der Waals surface area contributed by atoms with Crippen molar-refractivity contribution >= 4 is 18.0 Å². The lowest BCUT2D eigenvalue weighted by Crippen LogP contribution is -2.46. The number of carbonyl (C=O) groups is 2. The highest BCUT2D eigenvalue weighted by atomic mass is 16.6. The van der Waals surface area contributed by atoms with E-state index >= 15 is 0 Å². The first-order valence-electron chi connectivity index (χ1n) is 14.1. The molecule has 4 atom stereocenters. The smallest absolute Gasteiger partial charge is 0.331 e. The van der Waals surface area contributed by atoms with Crippen LogP contribution in [0.5, 0.6) is 34.5 Å². The molecule has 0 amide bonds. The standard InChI is InChI=1S/C34H38O11/c1-18-29(44-19(2)35)21-16-24(40-5)31(42-7)32(43-8)27(21)26-22(17-23(39-4)30(41-6)28(26)37)33(34(18,3)38)45-25(36)15-14-20-12-10-9-11-13-20/h9-18,29,33,37-38H,1-8H3/b15-14+/t18-,29+,33-,34+/m0/s1. The highest BCUT2D eigenvalue weighted by molar-refractivity contribution is 5.90. The second-order valence-electron chi connectivity index (χ2n) is 10.6. The molecule has 3 aromatic carbocycles. The van der Waals surface area contributed by atoms with Crippen molar-refractivity contribution < 1.29 is 53.0 Å². The zero-order valence-corrected chi connectivity index (χ0v) is 26.5. The predicted molar refractivity (Wildman–Crippen MR) is 165 cm³/mol. The summed E-state index contributed by atoms with van der Waals surface area (Å²) >= 11 is 0. The highest BCUT2D eigenvalue weighted by Crippen LogP contribution is 2.60. The van der Waals surface area contributed by atoms with E-state index < -0.39 is 41.4 Å². The zero-order valence-electron chi connectivity index (χ0n) is 26.5. The van der Waals surface area contributed by atoms with Crippen molar-refractivity contribution in [1.82, 2.24) is 0 Å².